The summed E-state index contributed by atoms with van der Waals surface area (Å²) < 4.78 is 27.8. The summed E-state index contributed by atoms with van der Waals surface area (Å²) in [4.78, 5) is 68.4. The van der Waals surface area contributed by atoms with Crippen LogP contribution in [0, 0.1) is 0 Å². The number of thiophene rings is 1. The Labute approximate surface area is 259 Å². The quantitative estimate of drug-likeness (QED) is 0.232. The van der Waals surface area contributed by atoms with Crippen LogP contribution in [-0.4, -0.2) is 71.4 Å². The number of carbonyl (C=O) groups excluding carboxylic acids is 5. The molecule has 15 heteroatoms. The van der Waals surface area contributed by atoms with Crippen LogP contribution in [0.5, 0.6) is 0 Å². The number of benzene rings is 1. The number of carbonyl (C=O) groups is 5. The largest absolute Gasteiger partial charge is 0.463 e. The van der Waals surface area contributed by atoms with Gasteiger partial charge in [-0.25, -0.2) is 4.99 Å². The van der Waals surface area contributed by atoms with Crippen LogP contribution >= 0.6 is 34.7 Å². The molecule has 1 aromatic heterocycles. The van der Waals surface area contributed by atoms with Crippen LogP contribution in [0.3, 0.4) is 0 Å². The molecular formula is C28H27ClN2O10S2. The summed E-state index contributed by atoms with van der Waals surface area (Å²) in [5.41, 5.74) is -0.602. The number of amidine groups is 1. The van der Waals surface area contributed by atoms with Gasteiger partial charge in [-0.3, -0.25) is 28.9 Å². The topological polar surface area (TPSA) is 147 Å². The molecule has 2 aromatic rings. The second-order valence-electron chi connectivity index (χ2n) is 9.24. The molecule has 228 valence electrons. The van der Waals surface area contributed by atoms with Gasteiger partial charge in [0.2, 0.25) is 0 Å². The maximum atomic E-state index is 13.6. The molecule has 2 aliphatic rings. The zero-order chi connectivity index (χ0) is 31.3. The Hall–Kier alpha value is -3.72. The zero-order valence-corrected chi connectivity index (χ0v) is 25.8. The lowest BCUT2D eigenvalue weighted by atomic mass is 9.99. The minimum atomic E-state index is -1.36. The van der Waals surface area contributed by atoms with Crippen molar-refractivity contribution in [2.75, 3.05) is 11.5 Å². The molecule has 1 amide bonds. The predicted octanol–water partition coefficient (Wildman–Crippen LogP) is 3.96. The minimum absolute atomic E-state index is 0.130. The first-order valence-corrected chi connectivity index (χ1v) is 15.0. The van der Waals surface area contributed by atoms with Crippen molar-refractivity contribution in [3.05, 3.63) is 57.4 Å². The van der Waals surface area contributed by atoms with Crippen molar-refractivity contribution in [1.29, 1.82) is 0 Å². The van der Waals surface area contributed by atoms with Gasteiger partial charge in [0, 0.05) is 37.6 Å². The van der Waals surface area contributed by atoms with Gasteiger partial charge >= 0.3 is 23.9 Å². The Kier molecular flexibility index (Phi) is 10.6. The number of ether oxygens (including phenoxy) is 5. The molecule has 0 saturated carbocycles. The molecule has 0 N–H and O–H groups in total. The lowest BCUT2D eigenvalue weighted by Gasteiger charge is -2.44. The van der Waals surface area contributed by atoms with Gasteiger partial charge in [0.25, 0.3) is 5.91 Å². The highest BCUT2D eigenvalue weighted by atomic mass is 35.5. The van der Waals surface area contributed by atoms with E-state index in [4.69, 9.17) is 35.3 Å². The fourth-order valence-electron chi connectivity index (χ4n) is 4.29. The maximum Gasteiger partial charge on any atom is 0.303 e. The third kappa shape index (κ3) is 8.22. The summed E-state index contributed by atoms with van der Waals surface area (Å²) in [7, 11) is 0. The van der Waals surface area contributed by atoms with Crippen LogP contribution in [0.25, 0.3) is 6.08 Å². The van der Waals surface area contributed by atoms with Crippen LogP contribution in [0.15, 0.2) is 52.5 Å². The van der Waals surface area contributed by atoms with E-state index in [1.807, 2.05) is 17.5 Å². The number of esters is 4. The van der Waals surface area contributed by atoms with Crippen molar-refractivity contribution < 1.29 is 47.7 Å². The molecule has 2 aliphatic heterocycles. The number of amides is 1. The Morgan fingerprint density at radius 3 is 2.16 bits per heavy atom. The highest BCUT2D eigenvalue weighted by Gasteiger charge is 2.53. The van der Waals surface area contributed by atoms with Crippen LogP contribution in [0.1, 0.15) is 32.6 Å². The number of halogens is 1. The van der Waals surface area contributed by atoms with Gasteiger partial charge in [-0.1, -0.05) is 29.4 Å². The van der Waals surface area contributed by atoms with Crippen LogP contribution in [0.2, 0.25) is 5.02 Å². The van der Waals surface area contributed by atoms with E-state index in [1.165, 1.54) is 23.2 Å². The number of thioether (sulfide) groups is 1. The van der Waals surface area contributed by atoms with Crippen molar-refractivity contribution in [3.63, 3.8) is 0 Å². The third-order valence-electron chi connectivity index (χ3n) is 5.91. The van der Waals surface area contributed by atoms with Gasteiger partial charge < -0.3 is 23.7 Å². The molecule has 1 aromatic carbocycles. The molecule has 1 fully saturated rings. The Morgan fingerprint density at radius 2 is 1.58 bits per heavy atom. The first-order chi connectivity index (χ1) is 20.4. The van der Waals surface area contributed by atoms with E-state index < -0.39 is 59.6 Å². The van der Waals surface area contributed by atoms with Crippen molar-refractivity contribution >= 4 is 81.4 Å². The Balaban J connectivity index is 1.78. The molecule has 1 saturated heterocycles. The van der Waals surface area contributed by atoms with E-state index in [2.05, 4.69) is 4.99 Å². The standard InChI is InChI=1S/C28H27ClN2O10S2/c1-14(32)37-13-22-23(38-15(2)33)24(39-16(3)34)25(40-17(4)35)27(41-22)43-28-30-21(12-20-6-5-11-42-20)26(36)31(28)19-9-7-18(29)8-10-19/h5-12,22-25,27H,13H2,1-4H3/t22?,23?,24?,25?,27-/m0/s1. The highest BCUT2D eigenvalue weighted by molar-refractivity contribution is 8.14. The monoisotopic (exact) mass is 650 g/mol. The van der Waals surface area contributed by atoms with E-state index in [0.29, 0.717) is 10.7 Å². The first-order valence-electron chi connectivity index (χ1n) is 12.8. The molecule has 43 heavy (non-hydrogen) atoms. The SMILES string of the molecule is CC(=O)OCC1O[C@@H](SC2=NC(=Cc3cccs3)C(=O)N2c2ccc(Cl)cc2)C(OC(C)=O)C(OC(C)=O)C1OC(C)=O. The molecule has 5 atom stereocenters. The second kappa shape index (κ2) is 14.2. The lowest BCUT2D eigenvalue weighted by Crippen LogP contribution is -2.61. The first kappa shape index (κ1) is 32.2. The van der Waals surface area contributed by atoms with Crippen LogP contribution < -0.4 is 4.90 Å². The average molecular weight is 651 g/mol. The summed E-state index contributed by atoms with van der Waals surface area (Å²) in [5.74, 6) is -3.32. The Bertz CT molecular complexity index is 1440. The minimum Gasteiger partial charge on any atom is -0.463 e. The van der Waals surface area contributed by atoms with Gasteiger partial charge in [0.15, 0.2) is 28.9 Å². The molecule has 0 aliphatic carbocycles. The van der Waals surface area contributed by atoms with Gasteiger partial charge in [0.05, 0.1) is 5.69 Å². The molecule has 3 heterocycles. The predicted molar refractivity (Wildman–Crippen MR) is 158 cm³/mol. The molecule has 4 unspecified atom stereocenters. The molecule has 0 radical (unpaired) electrons. The fraction of sp³-hybridized carbons (Fsp3) is 0.357. The highest BCUT2D eigenvalue weighted by Crippen LogP contribution is 2.39. The molecule has 0 bridgehead atoms. The van der Waals surface area contributed by atoms with Crippen molar-refractivity contribution in [1.82, 2.24) is 0 Å². The second-order valence-corrected chi connectivity index (χ2v) is 11.7. The van der Waals surface area contributed by atoms with Gasteiger partial charge in [-0.2, -0.15) is 0 Å². The smallest absolute Gasteiger partial charge is 0.303 e. The van der Waals surface area contributed by atoms with Gasteiger partial charge in [0.1, 0.15) is 18.4 Å². The summed E-state index contributed by atoms with van der Waals surface area (Å²) >= 11 is 8.41. The van der Waals surface area contributed by atoms with Crippen molar-refractivity contribution in [3.8, 4) is 0 Å². The number of hydrogen-bond acceptors (Lipinski definition) is 13. The molecule has 0 spiro atoms. The van der Waals surface area contributed by atoms with Gasteiger partial charge in [-0.05, 0) is 41.8 Å². The summed E-state index contributed by atoms with van der Waals surface area (Å²) in [6.45, 7) is 4.23. The Morgan fingerprint density at radius 1 is 0.953 bits per heavy atom. The molecule has 4 rings (SSSR count). The molecule has 12 nitrogen and oxygen atoms in total. The number of hydrogen-bond donors (Lipinski definition) is 0. The normalized spacial score (nSPS) is 24.3. The van der Waals surface area contributed by atoms with E-state index >= 15 is 0 Å². The number of nitrogens with zero attached hydrogens (tertiary/aromatic N) is 2. The van der Waals surface area contributed by atoms with Crippen molar-refractivity contribution in [2.24, 2.45) is 4.99 Å². The summed E-state index contributed by atoms with van der Waals surface area (Å²) in [5, 5.41) is 2.46. The fourth-order valence-corrected chi connectivity index (χ4v) is 6.26. The van der Waals surface area contributed by atoms with Gasteiger partial charge in [-0.15, -0.1) is 11.3 Å². The van der Waals surface area contributed by atoms with E-state index in [0.717, 1.165) is 37.4 Å². The zero-order valence-electron chi connectivity index (χ0n) is 23.4. The lowest BCUT2D eigenvalue weighted by molar-refractivity contribution is -0.237. The number of aliphatic imine (C=N–C) groups is 1. The van der Waals surface area contributed by atoms with Crippen LogP contribution in [-0.2, 0) is 47.7 Å². The number of rotatable bonds is 8. The van der Waals surface area contributed by atoms with E-state index in [9.17, 15) is 24.0 Å². The van der Waals surface area contributed by atoms with Crippen molar-refractivity contribution in [2.45, 2.75) is 57.5 Å². The summed E-state index contributed by atoms with van der Waals surface area (Å²) in [6.07, 6.45) is -3.52. The summed E-state index contributed by atoms with van der Waals surface area (Å²) in [6, 6.07) is 10.2. The van der Waals surface area contributed by atoms with E-state index in [1.54, 1.807) is 30.3 Å². The van der Waals surface area contributed by atoms with E-state index in [-0.39, 0.29) is 17.5 Å². The molecular weight excluding hydrogens is 624 g/mol. The van der Waals surface area contributed by atoms with Crippen LogP contribution in [0.4, 0.5) is 5.69 Å². The maximum absolute atomic E-state index is 13.6. The number of anilines is 1. The average Bonchev–Trinajstić information content (AvgIpc) is 3.54. The third-order valence-corrected chi connectivity index (χ3v) is 8.07.